The summed E-state index contributed by atoms with van der Waals surface area (Å²) in [6, 6.07) is 18.3. The Morgan fingerprint density at radius 1 is 1.00 bits per heavy atom. The summed E-state index contributed by atoms with van der Waals surface area (Å²) in [6.45, 7) is 8.38. The van der Waals surface area contributed by atoms with E-state index in [1.165, 1.54) is 16.9 Å². The normalized spacial score (nSPS) is 19.6. The van der Waals surface area contributed by atoms with E-state index in [2.05, 4.69) is 48.4 Å². The SMILES string of the molecule is COc1cscc1C(=O)N1C2CCC1CC(Cc1cccc(NC(=O)Nc3cc(C(C)(C)C)nn3-c3ccc(C)cc3)c1)C2. The molecule has 2 N–H and O–H groups in total. The minimum atomic E-state index is -0.315. The molecule has 2 aromatic heterocycles. The van der Waals surface area contributed by atoms with E-state index in [1.807, 2.05) is 60.1 Å². The number of fused-ring (bicyclic) bond motifs is 2. The Balaban J connectivity index is 1.11. The molecule has 0 radical (unpaired) electrons. The fraction of sp³-hybridized carbons (Fsp3) is 0.400. The molecule has 230 valence electrons. The second-order valence-corrected chi connectivity index (χ2v) is 13.9. The number of piperidine rings is 1. The Hall–Kier alpha value is -4.11. The number of methoxy groups -OCH3 is 1. The van der Waals surface area contributed by atoms with Crippen molar-refractivity contribution in [2.24, 2.45) is 5.92 Å². The Bertz CT molecular complexity index is 1640. The third-order valence-electron chi connectivity index (χ3n) is 8.85. The van der Waals surface area contributed by atoms with Crippen molar-refractivity contribution in [3.63, 3.8) is 0 Å². The third-order valence-corrected chi connectivity index (χ3v) is 9.57. The molecule has 6 rings (SSSR count). The lowest BCUT2D eigenvalue weighted by Gasteiger charge is -2.39. The van der Waals surface area contributed by atoms with Crippen molar-refractivity contribution < 1.29 is 14.3 Å². The molecule has 2 unspecified atom stereocenters. The number of urea groups is 1. The van der Waals surface area contributed by atoms with E-state index < -0.39 is 0 Å². The molecule has 8 nitrogen and oxygen atoms in total. The fourth-order valence-corrected chi connectivity index (χ4v) is 7.40. The first-order valence-electron chi connectivity index (χ1n) is 15.4. The zero-order valence-corrected chi connectivity index (χ0v) is 26.9. The zero-order chi connectivity index (χ0) is 31.0. The van der Waals surface area contributed by atoms with E-state index >= 15 is 0 Å². The van der Waals surface area contributed by atoms with Gasteiger partial charge in [0, 0.05) is 40.0 Å². The molecular formula is C35H41N5O3S. The number of thiophene rings is 1. The highest BCUT2D eigenvalue weighted by molar-refractivity contribution is 7.08. The summed E-state index contributed by atoms with van der Waals surface area (Å²) in [6.07, 6.45) is 5.01. The van der Waals surface area contributed by atoms with Gasteiger partial charge < -0.3 is 15.0 Å². The molecule has 4 aromatic rings. The number of amides is 3. The number of nitrogens with zero attached hydrogens (tertiary/aromatic N) is 3. The van der Waals surface area contributed by atoms with Gasteiger partial charge in [-0.2, -0.15) is 5.10 Å². The van der Waals surface area contributed by atoms with Gasteiger partial charge in [0.1, 0.15) is 11.6 Å². The largest absolute Gasteiger partial charge is 0.495 e. The number of ether oxygens (including phenoxy) is 1. The summed E-state index contributed by atoms with van der Waals surface area (Å²) < 4.78 is 7.22. The maximum atomic E-state index is 13.4. The minimum Gasteiger partial charge on any atom is -0.495 e. The second-order valence-electron chi connectivity index (χ2n) is 13.2. The van der Waals surface area contributed by atoms with Crippen molar-refractivity contribution in [3.8, 4) is 11.4 Å². The van der Waals surface area contributed by atoms with Gasteiger partial charge in [-0.25, -0.2) is 9.48 Å². The standard InChI is InChI=1S/C35H41N5O3S/c1-22-9-11-26(12-10-22)40-32(19-31(38-40)35(2,3)4)37-34(42)36-25-8-6-7-23(16-25)15-24-17-27-13-14-28(18-24)39(27)33(41)29-20-44-21-30(29)43-5/h6-12,16,19-21,24,27-28H,13-15,17-18H2,1-5H3,(H2,36,37,42). The van der Waals surface area contributed by atoms with Crippen LogP contribution < -0.4 is 15.4 Å². The number of hydrogen-bond acceptors (Lipinski definition) is 5. The molecule has 3 amide bonds. The van der Waals surface area contributed by atoms with Gasteiger partial charge in [0.25, 0.3) is 5.91 Å². The van der Waals surface area contributed by atoms with Crippen LogP contribution in [0, 0.1) is 12.8 Å². The molecule has 2 aliphatic rings. The molecule has 2 saturated heterocycles. The molecule has 9 heteroatoms. The summed E-state index contributed by atoms with van der Waals surface area (Å²) >= 11 is 1.50. The van der Waals surface area contributed by atoms with E-state index in [9.17, 15) is 9.59 Å². The van der Waals surface area contributed by atoms with Crippen LogP contribution in [0.1, 0.15) is 73.6 Å². The summed E-state index contributed by atoms with van der Waals surface area (Å²) in [4.78, 5) is 28.7. The lowest BCUT2D eigenvalue weighted by molar-refractivity contribution is 0.0522. The molecule has 2 aliphatic heterocycles. The summed E-state index contributed by atoms with van der Waals surface area (Å²) in [5.74, 6) is 1.88. The van der Waals surface area contributed by atoms with Crippen LogP contribution in [0.5, 0.6) is 5.75 Å². The van der Waals surface area contributed by atoms with Crippen LogP contribution in [-0.2, 0) is 11.8 Å². The Kier molecular flexibility index (Phi) is 8.24. The first-order valence-corrected chi connectivity index (χ1v) is 16.3. The van der Waals surface area contributed by atoms with Crippen molar-refractivity contribution >= 4 is 34.8 Å². The van der Waals surface area contributed by atoms with Crippen LogP contribution in [0.25, 0.3) is 5.69 Å². The molecule has 2 bridgehead atoms. The number of hydrogen-bond donors (Lipinski definition) is 2. The quantitative estimate of drug-likeness (QED) is 0.223. The number of aryl methyl sites for hydroxylation is 1. The molecule has 2 atom stereocenters. The minimum absolute atomic E-state index is 0.101. The van der Waals surface area contributed by atoms with Gasteiger partial charge >= 0.3 is 6.03 Å². The topological polar surface area (TPSA) is 88.5 Å². The average molecular weight is 612 g/mol. The second kappa shape index (κ2) is 12.1. The number of nitrogens with one attached hydrogen (secondary N) is 2. The predicted octanol–water partition coefficient (Wildman–Crippen LogP) is 7.82. The highest BCUT2D eigenvalue weighted by Gasteiger charge is 2.44. The summed E-state index contributed by atoms with van der Waals surface area (Å²) in [7, 11) is 1.62. The molecule has 2 fully saturated rings. The summed E-state index contributed by atoms with van der Waals surface area (Å²) in [5, 5.41) is 14.7. The summed E-state index contributed by atoms with van der Waals surface area (Å²) in [5.41, 5.74) is 5.39. The first kappa shape index (κ1) is 29.9. The van der Waals surface area contributed by atoms with Gasteiger partial charge in [0.15, 0.2) is 0 Å². The Morgan fingerprint density at radius 3 is 2.41 bits per heavy atom. The average Bonchev–Trinajstić information content (AvgIpc) is 3.69. The number of anilines is 2. The van der Waals surface area contributed by atoms with Crippen molar-refractivity contribution in [1.82, 2.24) is 14.7 Å². The zero-order valence-electron chi connectivity index (χ0n) is 26.1. The van der Waals surface area contributed by atoms with Crippen LogP contribution in [-0.4, -0.2) is 45.8 Å². The molecule has 0 aliphatic carbocycles. The van der Waals surface area contributed by atoms with Crippen LogP contribution in [0.2, 0.25) is 0 Å². The van der Waals surface area contributed by atoms with Crippen molar-refractivity contribution in [3.05, 3.63) is 87.7 Å². The maximum Gasteiger partial charge on any atom is 0.324 e. The Labute approximate surface area is 263 Å². The molecular weight excluding hydrogens is 570 g/mol. The van der Waals surface area contributed by atoms with Crippen molar-refractivity contribution in [1.29, 1.82) is 0 Å². The number of benzene rings is 2. The van der Waals surface area contributed by atoms with E-state index in [0.29, 0.717) is 23.0 Å². The predicted molar refractivity (Wildman–Crippen MR) is 176 cm³/mol. The number of rotatable bonds is 7. The van der Waals surface area contributed by atoms with Gasteiger partial charge in [-0.1, -0.05) is 50.6 Å². The maximum absolute atomic E-state index is 13.4. The Morgan fingerprint density at radius 2 is 1.73 bits per heavy atom. The van der Waals surface area contributed by atoms with E-state index in [0.717, 1.165) is 54.7 Å². The molecule has 4 heterocycles. The van der Waals surface area contributed by atoms with Crippen LogP contribution >= 0.6 is 11.3 Å². The van der Waals surface area contributed by atoms with Crippen LogP contribution in [0.4, 0.5) is 16.3 Å². The van der Waals surface area contributed by atoms with Gasteiger partial charge in [0.05, 0.1) is 24.1 Å². The fourth-order valence-electron chi connectivity index (χ4n) is 6.63. The van der Waals surface area contributed by atoms with Crippen LogP contribution in [0.15, 0.2) is 65.4 Å². The monoisotopic (exact) mass is 611 g/mol. The van der Waals surface area contributed by atoms with E-state index in [4.69, 9.17) is 9.84 Å². The smallest absolute Gasteiger partial charge is 0.324 e. The van der Waals surface area contributed by atoms with Crippen LogP contribution in [0.3, 0.4) is 0 Å². The van der Waals surface area contributed by atoms with Gasteiger partial charge in [0.2, 0.25) is 0 Å². The van der Waals surface area contributed by atoms with Crippen molar-refractivity contribution in [2.45, 2.75) is 77.3 Å². The lowest BCUT2D eigenvalue weighted by Crippen LogP contribution is -2.46. The lowest BCUT2D eigenvalue weighted by atomic mass is 9.85. The van der Waals surface area contributed by atoms with Gasteiger partial charge in [-0.15, -0.1) is 11.3 Å². The van der Waals surface area contributed by atoms with Gasteiger partial charge in [-0.05, 0) is 74.8 Å². The third kappa shape index (κ3) is 6.24. The van der Waals surface area contributed by atoms with Crippen molar-refractivity contribution in [2.75, 3.05) is 17.7 Å². The number of carbonyl (C=O) groups excluding carboxylic acids is 2. The first-order chi connectivity index (χ1) is 21.1. The number of carbonyl (C=O) groups is 2. The van der Waals surface area contributed by atoms with Gasteiger partial charge in [-0.3, -0.25) is 10.1 Å². The highest BCUT2D eigenvalue weighted by atomic mass is 32.1. The highest BCUT2D eigenvalue weighted by Crippen LogP contribution is 2.42. The molecule has 44 heavy (non-hydrogen) atoms. The van der Waals surface area contributed by atoms with E-state index in [1.54, 1.807) is 11.8 Å². The van der Waals surface area contributed by atoms with E-state index in [-0.39, 0.29) is 29.4 Å². The molecule has 0 spiro atoms. The molecule has 2 aromatic carbocycles. The molecule has 0 saturated carbocycles. The number of aromatic nitrogens is 2.